The smallest absolute Gasteiger partial charge is 0.322 e. The molecule has 1 aliphatic heterocycles. The molecule has 0 spiro atoms. The van der Waals surface area contributed by atoms with Gasteiger partial charge in [0.1, 0.15) is 17.3 Å². The van der Waals surface area contributed by atoms with Crippen molar-refractivity contribution in [1.29, 1.82) is 5.26 Å². The number of benzene rings is 1. The molecule has 5 aromatic rings. The molecule has 0 saturated carbocycles. The number of pyridine rings is 2. The molecule has 0 bridgehead atoms. The Bertz CT molecular complexity index is 1610. The van der Waals surface area contributed by atoms with E-state index in [9.17, 15) is 10.1 Å². The summed E-state index contributed by atoms with van der Waals surface area (Å²) in [6.07, 6.45) is 5.05. The van der Waals surface area contributed by atoms with E-state index in [2.05, 4.69) is 41.5 Å². The minimum absolute atomic E-state index is 0.181. The molecule has 0 atom stereocenters. The van der Waals surface area contributed by atoms with Gasteiger partial charge in [-0.15, -0.1) is 0 Å². The van der Waals surface area contributed by atoms with Crippen molar-refractivity contribution in [3.05, 3.63) is 54.5 Å². The summed E-state index contributed by atoms with van der Waals surface area (Å²) >= 11 is 0. The summed E-state index contributed by atoms with van der Waals surface area (Å²) in [7, 11) is 0. The van der Waals surface area contributed by atoms with Gasteiger partial charge in [0.2, 0.25) is 0 Å². The van der Waals surface area contributed by atoms with Gasteiger partial charge in [0.15, 0.2) is 11.5 Å². The van der Waals surface area contributed by atoms with E-state index in [1.807, 2.05) is 24.3 Å². The number of hydrogen-bond donors (Lipinski definition) is 3. The molecule has 6 rings (SSSR count). The highest BCUT2D eigenvalue weighted by atomic mass is 16.5. The van der Waals surface area contributed by atoms with E-state index in [0.29, 0.717) is 60.2 Å². The van der Waals surface area contributed by atoms with E-state index in [4.69, 9.17) is 4.74 Å². The van der Waals surface area contributed by atoms with Gasteiger partial charge in [0.25, 0.3) is 0 Å². The fourth-order valence-corrected chi connectivity index (χ4v) is 4.11. The molecule has 0 unspecified atom stereocenters. The number of aromatic amines is 2. The van der Waals surface area contributed by atoms with Gasteiger partial charge in [-0.3, -0.25) is 10.1 Å². The van der Waals surface area contributed by atoms with Crippen LogP contribution in [0.4, 0.5) is 10.5 Å². The average molecular weight is 465 g/mol. The van der Waals surface area contributed by atoms with Gasteiger partial charge in [-0.25, -0.2) is 14.8 Å². The molecule has 2 amide bonds. The number of nitrogens with zero attached hydrogens (tertiary/aromatic N) is 6. The van der Waals surface area contributed by atoms with Crippen LogP contribution in [0.2, 0.25) is 0 Å². The van der Waals surface area contributed by atoms with Crippen LogP contribution in [-0.2, 0) is 4.74 Å². The minimum Gasteiger partial charge on any atom is -0.378 e. The number of aromatic nitrogens is 6. The largest absolute Gasteiger partial charge is 0.378 e. The maximum atomic E-state index is 12.6. The number of morpholine rings is 1. The highest BCUT2D eigenvalue weighted by Crippen LogP contribution is 2.30. The van der Waals surface area contributed by atoms with Crippen LogP contribution >= 0.6 is 0 Å². The molecule has 3 N–H and O–H groups in total. The van der Waals surface area contributed by atoms with Crippen LogP contribution in [-0.4, -0.2) is 67.4 Å². The zero-order valence-corrected chi connectivity index (χ0v) is 18.4. The predicted molar refractivity (Wildman–Crippen MR) is 128 cm³/mol. The van der Waals surface area contributed by atoms with Crippen LogP contribution in [0.25, 0.3) is 44.7 Å². The minimum atomic E-state index is -0.181. The zero-order chi connectivity index (χ0) is 23.8. The van der Waals surface area contributed by atoms with Gasteiger partial charge < -0.3 is 19.9 Å². The number of amides is 2. The van der Waals surface area contributed by atoms with Gasteiger partial charge >= 0.3 is 6.03 Å². The molecule has 1 aromatic carbocycles. The lowest BCUT2D eigenvalue weighted by Gasteiger charge is -2.26. The molecule has 35 heavy (non-hydrogen) atoms. The topological polar surface area (TPSA) is 148 Å². The Morgan fingerprint density at radius 1 is 1.14 bits per heavy atom. The van der Waals surface area contributed by atoms with Gasteiger partial charge in [0, 0.05) is 36.6 Å². The number of carbonyl (C=O) groups excluding carboxylic acids is 1. The summed E-state index contributed by atoms with van der Waals surface area (Å²) in [6, 6.07) is 11.2. The van der Waals surface area contributed by atoms with Gasteiger partial charge in [0.05, 0.1) is 41.6 Å². The summed E-state index contributed by atoms with van der Waals surface area (Å²) in [4.78, 5) is 30.9. The van der Waals surface area contributed by atoms with E-state index in [1.54, 1.807) is 29.6 Å². The van der Waals surface area contributed by atoms with Gasteiger partial charge in [-0.2, -0.15) is 10.4 Å². The molecule has 11 nitrogen and oxygen atoms in total. The number of imidazole rings is 1. The second kappa shape index (κ2) is 8.51. The predicted octanol–water partition coefficient (Wildman–Crippen LogP) is 3.30. The average Bonchev–Trinajstić information content (AvgIpc) is 3.53. The number of para-hydroxylation sites is 1. The van der Waals surface area contributed by atoms with Crippen LogP contribution < -0.4 is 5.32 Å². The Balaban J connectivity index is 1.33. The third kappa shape index (κ3) is 3.81. The number of H-pyrrole nitrogens is 2. The molecule has 4 aromatic heterocycles. The molecule has 172 valence electrons. The molecule has 11 heteroatoms. The molecule has 1 saturated heterocycles. The van der Waals surface area contributed by atoms with Crippen LogP contribution in [0, 0.1) is 11.3 Å². The Morgan fingerprint density at radius 3 is 2.86 bits per heavy atom. The quantitative estimate of drug-likeness (QED) is 0.370. The number of nitrogens with one attached hydrogen (secondary N) is 3. The van der Waals surface area contributed by atoms with Crippen LogP contribution in [0.3, 0.4) is 0 Å². The van der Waals surface area contributed by atoms with E-state index in [1.165, 1.54) is 0 Å². The molecular formula is C24H19N9O2. The summed E-state index contributed by atoms with van der Waals surface area (Å²) < 4.78 is 5.31. The molecule has 1 aliphatic rings. The fourth-order valence-electron chi connectivity index (χ4n) is 4.11. The first-order valence-electron chi connectivity index (χ1n) is 11.0. The highest BCUT2D eigenvalue weighted by Gasteiger charge is 2.18. The Morgan fingerprint density at radius 2 is 2.00 bits per heavy atom. The van der Waals surface area contributed by atoms with Crippen molar-refractivity contribution >= 4 is 33.8 Å². The summed E-state index contributed by atoms with van der Waals surface area (Å²) in [5.74, 6) is 0.539. The number of fused-ring (bicyclic) bond motifs is 2. The first-order chi connectivity index (χ1) is 17.2. The lowest BCUT2D eigenvalue weighted by atomic mass is 10.1. The van der Waals surface area contributed by atoms with Crippen molar-refractivity contribution in [2.75, 3.05) is 31.6 Å². The number of carbonyl (C=O) groups is 1. The third-order valence-electron chi connectivity index (χ3n) is 5.90. The summed E-state index contributed by atoms with van der Waals surface area (Å²) in [5.41, 5.74) is 5.24. The number of anilines is 1. The lowest BCUT2D eigenvalue weighted by molar-refractivity contribution is 0.0564. The van der Waals surface area contributed by atoms with Crippen molar-refractivity contribution in [3.63, 3.8) is 0 Å². The first kappa shape index (κ1) is 20.8. The Hall–Kier alpha value is -4.82. The van der Waals surface area contributed by atoms with E-state index < -0.39 is 0 Å². The van der Waals surface area contributed by atoms with Crippen LogP contribution in [0.1, 0.15) is 5.56 Å². The molecule has 1 fully saturated rings. The number of urea groups is 1. The SMILES string of the molecule is N#Cc1cccc2[nH]c(-c3n[nH]c4ncc(-c5cncc(NC(=O)N6CCOCC6)c5)cc34)nc12. The second-order valence-electron chi connectivity index (χ2n) is 8.08. The maximum Gasteiger partial charge on any atom is 0.322 e. The molecular weight excluding hydrogens is 446 g/mol. The van der Waals surface area contributed by atoms with E-state index in [-0.39, 0.29) is 6.03 Å². The molecule has 0 aliphatic carbocycles. The normalized spacial score (nSPS) is 13.7. The Labute approximate surface area is 198 Å². The standard InChI is InChI=1S/C24H19N9O2/c25-10-14-2-1-3-19-20(14)30-23(29-19)21-18-9-16(12-27-22(18)32-31-21)15-8-17(13-26-11-15)28-24(34)33-4-6-35-7-5-33/h1-3,8-9,11-13H,4-7H2,(H,28,34)(H,29,30)(H,27,31,32). The van der Waals surface area contributed by atoms with Gasteiger partial charge in [-0.1, -0.05) is 6.07 Å². The first-order valence-corrected chi connectivity index (χ1v) is 11.0. The van der Waals surface area contributed by atoms with E-state index in [0.717, 1.165) is 22.0 Å². The zero-order valence-electron chi connectivity index (χ0n) is 18.4. The van der Waals surface area contributed by atoms with Crippen LogP contribution in [0.5, 0.6) is 0 Å². The molecule has 0 radical (unpaired) electrons. The van der Waals surface area contributed by atoms with Crippen molar-refractivity contribution in [3.8, 4) is 28.7 Å². The summed E-state index contributed by atoms with van der Waals surface area (Å²) in [6.45, 7) is 2.18. The number of nitriles is 1. The van der Waals surface area contributed by atoms with Crippen molar-refractivity contribution in [1.82, 2.24) is 35.0 Å². The van der Waals surface area contributed by atoms with Crippen molar-refractivity contribution in [2.45, 2.75) is 0 Å². The van der Waals surface area contributed by atoms with Crippen molar-refractivity contribution in [2.24, 2.45) is 0 Å². The maximum absolute atomic E-state index is 12.6. The van der Waals surface area contributed by atoms with E-state index >= 15 is 0 Å². The van der Waals surface area contributed by atoms with Gasteiger partial charge in [-0.05, 0) is 24.3 Å². The number of rotatable bonds is 3. The Kier molecular flexibility index (Phi) is 5.05. The van der Waals surface area contributed by atoms with Crippen LogP contribution in [0.15, 0.2) is 48.9 Å². The highest BCUT2D eigenvalue weighted by molar-refractivity contribution is 5.95. The molecule has 5 heterocycles. The second-order valence-corrected chi connectivity index (χ2v) is 8.08. The number of ether oxygens (including phenoxy) is 1. The van der Waals surface area contributed by atoms with Crippen molar-refractivity contribution < 1.29 is 9.53 Å². The monoisotopic (exact) mass is 465 g/mol. The third-order valence-corrected chi connectivity index (χ3v) is 5.90. The number of hydrogen-bond acceptors (Lipinski definition) is 7. The summed E-state index contributed by atoms with van der Waals surface area (Å²) in [5, 5.41) is 20.4. The lowest BCUT2D eigenvalue weighted by Crippen LogP contribution is -2.43. The fraction of sp³-hybridized carbons (Fsp3) is 0.167.